The molecule has 0 amide bonds. The predicted octanol–water partition coefficient (Wildman–Crippen LogP) is 3.65. The molecule has 1 aromatic carbocycles. The molecule has 0 atom stereocenters. The Labute approximate surface area is 182 Å². The van der Waals surface area contributed by atoms with Crippen LogP contribution in [0.15, 0.2) is 22.6 Å². The summed E-state index contributed by atoms with van der Waals surface area (Å²) in [6.45, 7) is 2.37. The minimum absolute atomic E-state index is 0. The Kier molecular flexibility index (Phi) is 8.48. The summed E-state index contributed by atoms with van der Waals surface area (Å²) >= 11 is 1.56. The van der Waals surface area contributed by atoms with Crippen LogP contribution in [0.4, 0.5) is 8.78 Å². The van der Waals surface area contributed by atoms with E-state index in [1.54, 1.807) is 22.9 Å². The number of guanidine groups is 1. The second-order valence-electron chi connectivity index (χ2n) is 5.60. The van der Waals surface area contributed by atoms with Gasteiger partial charge in [0.2, 0.25) is 6.79 Å². The fourth-order valence-electron chi connectivity index (χ4n) is 2.46. The van der Waals surface area contributed by atoms with Crippen LogP contribution in [-0.4, -0.2) is 30.9 Å². The van der Waals surface area contributed by atoms with Gasteiger partial charge in [-0.1, -0.05) is 0 Å². The molecule has 28 heavy (non-hydrogen) atoms. The predicted molar refractivity (Wildman–Crippen MR) is 113 cm³/mol. The summed E-state index contributed by atoms with van der Waals surface area (Å²) in [5.41, 5.74) is 3.23. The molecule has 154 valence electrons. The van der Waals surface area contributed by atoms with E-state index < -0.39 is 6.61 Å². The van der Waals surface area contributed by atoms with E-state index in [1.165, 1.54) is 6.07 Å². The highest BCUT2D eigenvalue weighted by Gasteiger charge is 2.20. The van der Waals surface area contributed by atoms with Crippen molar-refractivity contribution in [1.82, 2.24) is 15.6 Å². The number of rotatable bonds is 7. The number of aryl methyl sites for hydroxylation is 1. The first kappa shape index (κ1) is 22.4. The van der Waals surface area contributed by atoms with Crippen LogP contribution in [0, 0.1) is 6.92 Å². The number of alkyl halides is 2. The lowest BCUT2D eigenvalue weighted by Crippen LogP contribution is -2.36. The van der Waals surface area contributed by atoms with Gasteiger partial charge in [0.25, 0.3) is 0 Å². The van der Waals surface area contributed by atoms with Crippen molar-refractivity contribution in [2.45, 2.75) is 33.5 Å². The molecule has 0 unspecified atom stereocenters. The number of ether oxygens (including phenoxy) is 3. The van der Waals surface area contributed by atoms with Crippen LogP contribution in [0.25, 0.3) is 0 Å². The fourth-order valence-corrected chi connectivity index (χ4v) is 3.18. The fraction of sp³-hybridized carbons (Fsp3) is 0.412. The summed E-state index contributed by atoms with van der Waals surface area (Å²) in [5.74, 6) is 1.45. The minimum Gasteiger partial charge on any atom is -0.454 e. The van der Waals surface area contributed by atoms with E-state index in [4.69, 9.17) is 9.47 Å². The Bertz CT molecular complexity index is 820. The van der Waals surface area contributed by atoms with E-state index in [-0.39, 0.29) is 43.1 Å². The van der Waals surface area contributed by atoms with Gasteiger partial charge in [0, 0.05) is 23.1 Å². The van der Waals surface area contributed by atoms with Crippen molar-refractivity contribution < 1.29 is 23.0 Å². The summed E-state index contributed by atoms with van der Waals surface area (Å²) in [5, 5.41) is 6.34. The molecule has 0 fully saturated rings. The Morgan fingerprint density at radius 1 is 1.32 bits per heavy atom. The first-order valence-electron chi connectivity index (χ1n) is 8.35. The van der Waals surface area contributed by atoms with Gasteiger partial charge in [-0.25, -0.2) is 9.98 Å². The number of aromatic nitrogens is 1. The Morgan fingerprint density at radius 3 is 2.71 bits per heavy atom. The van der Waals surface area contributed by atoms with Crippen molar-refractivity contribution in [3.05, 3.63) is 33.8 Å². The number of halogens is 3. The van der Waals surface area contributed by atoms with Crippen molar-refractivity contribution in [3.8, 4) is 17.2 Å². The Balaban J connectivity index is 0.00000280. The van der Waals surface area contributed by atoms with Crippen molar-refractivity contribution in [2.75, 3.05) is 13.3 Å². The molecule has 1 aromatic heterocycles. The highest BCUT2D eigenvalue weighted by Crippen LogP contribution is 2.39. The lowest BCUT2D eigenvalue weighted by molar-refractivity contribution is -0.0505. The zero-order valence-electron chi connectivity index (χ0n) is 15.3. The molecule has 3 rings (SSSR count). The van der Waals surface area contributed by atoms with Crippen LogP contribution in [0.2, 0.25) is 0 Å². The standard InChI is InChI=1S/C17H20F2N4O3S.HI/c1-3-20-17(22-7-15-10(2)23-8-27-15)21-6-11-4-13-14(25-9-24-13)5-12(11)26-16(18)19;/h4-5,8,16H,3,6-7,9H2,1-2H3,(H2,20,21,22);1H. The highest BCUT2D eigenvalue weighted by atomic mass is 127. The number of thiazole rings is 1. The Hall–Kier alpha value is -1.89. The number of nitrogens with zero attached hydrogens (tertiary/aromatic N) is 2. The SMILES string of the molecule is CCNC(=NCc1cc2c(cc1OC(F)F)OCO2)NCc1scnc1C.I. The highest BCUT2D eigenvalue weighted by molar-refractivity contribution is 14.0. The lowest BCUT2D eigenvalue weighted by Gasteiger charge is -2.13. The average Bonchev–Trinajstić information content (AvgIpc) is 3.25. The third-order valence-corrected chi connectivity index (χ3v) is 4.72. The number of aliphatic imine (C=N–C) groups is 1. The molecule has 0 saturated carbocycles. The van der Waals surface area contributed by atoms with Gasteiger partial charge in [-0.15, -0.1) is 35.3 Å². The van der Waals surface area contributed by atoms with Crippen LogP contribution < -0.4 is 24.8 Å². The van der Waals surface area contributed by atoms with E-state index in [9.17, 15) is 8.78 Å². The van der Waals surface area contributed by atoms with E-state index in [0.29, 0.717) is 36.1 Å². The van der Waals surface area contributed by atoms with Gasteiger partial charge < -0.3 is 24.8 Å². The lowest BCUT2D eigenvalue weighted by atomic mass is 10.1. The summed E-state index contributed by atoms with van der Waals surface area (Å²) in [7, 11) is 0. The zero-order valence-corrected chi connectivity index (χ0v) is 18.5. The largest absolute Gasteiger partial charge is 0.454 e. The molecule has 11 heteroatoms. The quantitative estimate of drug-likeness (QED) is 0.326. The van der Waals surface area contributed by atoms with E-state index >= 15 is 0 Å². The first-order chi connectivity index (χ1) is 13.1. The summed E-state index contributed by atoms with van der Waals surface area (Å²) in [4.78, 5) is 9.78. The maximum Gasteiger partial charge on any atom is 0.387 e. The number of nitrogens with one attached hydrogen (secondary N) is 2. The van der Waals surface area contributed by atoms with E-state index in [0.717, 1.165) is 10.6 Å². The first-order valence-corrected chi connectivity index (χ1v) is 9.23. The third kappa shape index (κ3) is 5.80. The second-order valence-corrected chi connectivity index (χ2v) is 6.54. The molecule has 1 aliphatic heterocycles. The molecule has 2 aromatic rings. The van der Waals surface area contributed by atoms with E-state index in [1.807, 2.05) is 13.8 Å². The van der Waals surface area contributed by atoms with Crippen molar-refractivity contribution >= 4 is 41.3 Å². The van der Waals surface area contributed by atoms with Gasteiger partial charge in [0.15, 0.2) is 17.5 Å². The Morgan fingerprint density at radius 2 is 2.07 bits per heavy atom. The van der Waals surface area contributed by atoms with Crippen LogP contribution in [0.5, 0.6) is 17.2 Å². The van der Waals surface area contributed by atoms with Crippen molar-refractivity contribution in [1.29, 1.82) is 0 Å². The van der Waals surface area contributed by atoms with Crippen LogP contribution in [-0.2, 0) is 13.1 Å². The third-order valence-electron chi connectivity index (χ3n) is 3.78. The molecule has 0 radical (unpaired) electrons. The smallest absolute Gasteiger partial charge is 0.387 e. The van der Waals surface area contributed by atoms with Crippen molar-refractivity contribution in [3.63, 3.8) is 0 Å². The molecule has 7 nitrogen and oxygen atoms in total. The minimum atomic E-state index is -2.94. The topological polar surface area (TPSA) is 77.0 Å². The normalized spacial score (nSPS) is 12.7. The number of hydrogen-bond donors (Lipinski definition) is 2. The van der Waals surface area contributed by atoms with Crippen molar-refractivity contribution in [2.24, 2.45) is 4.99 Å². The van der Waals surface area contributed by atoms with Crippen LogP contribution in [0.1, 0.15) is 23.1 Å². The molecule has 0 saturated heterocycles. The maximum absolute atomic E-state index is 12.7. The average molecular weight is 526 g/mol. The summed E-state index contributed by atoms with van der Waals surface area (Å²) in [6, 6.07) is 3.01. The number of fused-ring (bicyclic) bond motifs is 1. The van der Waals surface area contributed by atoms with Gasteiger partial charge >= 0.3 is 6.61 Å². The summed E-state index contributed by atoms with van der Waals surface area (Å²) < 4.78 is 40.6. The van der Waals surface area contributed by atoms with E-state index in [2.05, 4.69) is 25.3 Å². The molecule has 2 heterocycles. The zero-order chi connectivity index (χ0) is 19.2. The van der Waals surface area contributed by atoms with Gasteiger partial charge in [0.1, 0.15) is 5.75 Å². The van der Waals surface area contributed by atoms with Crippen LogP contribution >= 0.6 is 35.3 Å². The van der Waals surface area contributed by atoms with Gasteiger partial charge in [-0.2, -0.15) is 8.78 Å². The summed E-state index contributed by atoms with van der Waals surface area (Å²) in [6.07, 6.45) is 0. The molecule has 0 spiro atoms. The monoisotopic (exact) mass is 526 g/mol. The van der Waals surface area contributed by atoms with Gasteiger partial charge in [0.05, 0.1) is 24.3 Å². The number of hydrogen-bond acceptors (Lipinski definition) is 6. The van der Waals surface area contributed by atoms with Gasteiger partial charge in [-0.3, -0.25) is 0 Å². The molecule has 2 N–H and O–H groups in total. The maximum atomic E-state index is 12.7. The molecule has 1 aliphatic rings. The molecular formula is C17H21F2IN4O3S. The molecule has 0 bridgehead atoms. The second kappa shape index (κ2) is 10.6. The number of benzene rings is 1. The van der Waals surface area contributed by atoms with Crippen LogP contribution in [0.3, 0.4) is 0 Å². The van der Waals surface area contributed by atoms with Gasteiger partial charge in [-0.05, 0) is 19.9 Å². The molecule has 0 aliphatic carbocycles. The molecular weight excluding hydrogens is 505 g/mol.